The molecule has 0 unspecified atom stereocenters. The summed E-state index contributed by atoms with van der Waals surface area (Å²) in [6.07, 6.45) is 3.60. The first-order valence-corrected chi connectivity index (χ1v) is 5.57. The molecule has 0 fully saturated rings. The molecule has 1 aromatic carbocycles. The number of aromatic nitrogens is 2. The molecular formula is C10H9BrClN3. The van der Waals surface area contributed by atoms with Gasteiger partial charge in [-0.05, 0) is 33.6 Å². The molecule has 15 heavy (non-hydrogen) atoms. The van der Waals surface area contributed by atoms with Gasteiger partial charge in [0.05, 0.1) is 16.4 Å². The summed E-state index contributed by atoms with van der Waals surface area (Å²) >= 11 is 9.39. The average molecular weight is 287 g/mol. The summed E-state index contributed by atoms with van der Waals surface area (Å²) in [5, 5.41) is 4.83. The minimum atomic E-state index is 0.446. The van der Waals surface area contributed by atoms with Crippen molar-refractivity contribution in [2.24, 2.45) is 5.73 Å². The Morgan fingerprint density at radius 2 is 2.27 bits per heavy atom. The van der Waals surface area contributed by atoms with E-state index in [0.717, 1.165) is 15.7 Å². The minimum Gasteiger partial charge on any atom is -0.326 e. The fraction of sp³-hybridized carbons (Fsp3) is 0.100. The van der Waals surface area contributed by atoms with E-state index in [1.54, 1.807) is 10.9 Å². The maximum atomic E-state index is 6.05. The second kappa shape index (κ2) is 4.35. The average Bonchev–Trinajstić information content (AvgIpc) is 2.65. The van der Waals surface area contributed by atoms with Crippen LogP contribution in [-0.4, -0.2) is 9.78 Å². The van der Waals surface area contributed by atoms with E-state index in [1.165, 1.54) is 0 Å². The number of halogens is 2. The third kappa shape index (κ3) is 2.22. The van der Waals surface area contributed by atoms with E-state index in [0.29, 0.717) is 11.6 Å². The summed E-state index contributed by atoms with van der Waals surface area (Å²) in [7, 11) is 0. The molecule has 1 heterocycles. The standard InChI is InChI=1S/C10H9BrClN3/c11-8-5-14-15(6-8)9-2-1-7(4-13)10(12)3-9/h1-3,5-6H,4,13H2. The molecular weight excluding hydrogens is 277 g/mol. The van der Waals surface area contributed by atoms with Gasteiger partial charge in [0.2, 0.25) is 0 Å². The molecule has 0 aliphatic rings. The highest BCUT2D eigenvalue weighted by Crippen LogP contribution is 2.20. The van der Waals surface area contributed by atoms with Crippen LogP contribution in [0.5, 0.6) is 0 Å². The maximum Gasteiger partial charge on any atom is 0.0661 e. The SMILES string of the molecule is NCc1ccc(-n2cc(Br)cn2)cc1Cl. The molecule has 1 aromatic heterocycles. The van der Waals surface area contributed by atoms with E-state index in [9.17, 15) is 0 Å². The molecule has 2 N–H and O–H groups in total. The maximum absolute atomic E-state index is 6.05. The molecule has 2 aromatic rings. The van der Waals surface area contributed by atoms with Crippen LogP contribution in [0.15, 0.2) is 35.1 Å². The van der Waals surface area contributed by atoms with E-state index in [4.69, 9.17) is 17.3 Å². The van der Waals surface area contributed by atoms with E-state index >= 15 is 0 Å². The van der Waals surface area contributed by atoms with Gasteiger partial charge in [0, 0.05) is 17.8 Å². The minimum absolute atomic E-state index is 0.446. The highest BCUT2D eigenvalue weighted by molar-refractivity contribution is 9.10. The quantitative estimate of drug-likeness (QED) is 0.922. The van der Waals surface area contributed by atoms with E-state index in [1.807, 2.05) is 24.4 Å². The highest BCUT2D eigenvalue weighted by Gasteiger charge is 2.03. The number of benzene rings is 1. The molecule has 0 saturated heterocycles. The number of rotatable bonds is 2. The Morgan fingerprint density at radius 1 is 1.47 bits per heavy atom. The first kappa shape index (κ1) is 10.7. The number of hydrogen-bond donors (Lipinski definition) is 1. The third-order valence-corrected chi connectivity index (χ3v) is 2.83. The van der Waals surface area contributed by atoms with Crippen molar-refractivity contribution < 1.29 is 0 Å². The molecule has 2 rings (SSSR count). The van der Waals surface area contributed by atoms with Crippen LogP contribution in [0.4, 0.5) is 0 Å². The smallest absolute Gasteiger partial charge is 0.0661 e. The molecule has 78 valence electrons. The Labute approximate surface area is 101 Å². The van der Waals surface area contributed by atoms with Crippen LogP contribution in [0.3, 0.4) is 0 Å². The molecule has 0 aliphatic heterocycles. The fourth-order valence-electron chi connectivity index (χ4n) is 1.29. The Balaban J connectivity index is 2.42. The molecule has 0 bridgehead atoms. The van der Waals surface area contributed by atoms with Gasteiger partial charge in [-0.15, -0.1) is 0 Å². The molecule has 5 heteroatoms. The van der Waals surface area contributed by atoms with Gasteiger partial charge < -0.3 is 5.73 Å². The summed E-state index contributed by atoms with van der Waals surface area (Å²) < 4.78 is 2.68. The zero-order valence-corrected chi connectivity index (χ0v) is 10.2. The molecule has 0 saturated carbocycles. The third-order valence-electron chi connectivity index (χ3n) is 2.07. The van der Waals surface area contributed by atoms with Crippen LogP contribution in [-0.2, 0) is 6.54 Å². The zero-order chi connectivity index (χ0) is 10.8. The Bertz CT molecular complexity index is 481. The van der Waals surface area contributed by atoms with Crippen LogP contribution < -0.4 is 5.73 Å². The van der Waals surface area contributed by atoms with Crippen LogP contribution in [0.1, 0.15) is 5.56 Å². The molecule has 0 aliphatic carbocycles. The van der Waals surface area contributed by atoms with Crippen LogP contribution in [0.2, 0.25) is 5.02 Å². The monoisotopic (exact) mass is 285 g/mol. The molecule has 0 atom stereocenters. The lowest BCUT2D eigenvalue weighted by molar-refractivity contribution is 0.878. The predicted molar refractivity (Wildman–Crippen MR) is 64.2 cm³/mol. The zero-order valence-electron chi connectivity index (χ0n) is 7.82. The Hall–Kier alpha value is -0.840. The molecule has 3 nitrogen and oxygen atoms in total. The largest absolute Gasteiger partial charge is 0.326 e. The lowest BCUT2D eigenvalue weighted by Gasteiger charge is -2.05. The highest BCUT2D eigenvalue weighted by atomic mass is 79.9. The second-order valence-electron chi connectivity index (χ2n) is 3.08. The van der Waals surface area contributed by atoms with Crippen molar-refractivity contribution in [3.05, 3.63) is 45.7 Å². The van der Waals surface area contributed by atoms with Gasteiger partial charge >= 0.3 is 0 Å². The van der Waals surface area contributed by atoms with Crippen molar-refractivity contribution >= 4 is 27.5 Å². The normalized spacial score (nSPS) is 10.6. The lowest BCUT2D eigenvalue weighted by Crippen LogP contribution is -1.99. The Morgan fingerprint density at radius 3 is 2.80 bits per heavy atom. The first-order chi connectivity index (χ1) is 7.20. The fourth-order valence-corrected chi connectivity index (χ4v) is 1.82. The van der Waals surface area contributed by atoms with Gasteiger partial charge in [-0.2, -0.15) is 5.10 Å². The van der Waals surface area contributed by atoms with Gasteiger partial charge in [0.15, 0.2) is 0 Å². The summed E-state index contributed by atoms with van der Waals surface area (Å²) in [5.74, 6) is 0. The topological polar surface area (TPSA) is 43.8 Å². The predicted octanol–water partition coefficient (Wildman–Crippen LogP) is 2.75. The van der Waals surface area contributed by atoms with Crippen molar-refractivity contribution in [1.82, 2.24) is 9.78 Å². The van der Waals surface area contributed by atoms with E-state index < -0.39 is 0 Å². The van der Waals surface area contributed by atoms with Crippen molar-refractivity contribution in [1.29, 1.82) is 0 Å². The van der Waals surface area contributed by atoms with Crippen LogP contribution >= 0.6 is 27.5 Å². The van der Waals surface area contributed by atoms with Gasteiger partial charge in [-0.3, -0.25) is 0 Å². The van der Waals surface area contributed by atoms with Gasteiger partial charge in [-0.1, -0.05) is 17.7 Å². The summed E-state index contributed by atoms with van der Waals surface area (Å²) in [5.41, 5.74) is 7.39. The molecule has 0 radical (unpaired) electrons. The number of nitrogens with zero attached hydrogens (tertiary/aromatic N) is 2. The van der Waals surface area contributed by atoms with Crippen LogP contribution in [0.25, 0.3) is 5.69 Å². The first-order valence-electron chi connectivity index (χ1n) is 4.40. The van der Waals surface area contributed by atoms with Gasteiger partial charge in [0.25, 0.3) is 0 Å². The molecule has 0 amide bonds. The van der Waals surface area contributed by atoms with Gasteiger partial charge in [-0.25, -0.2) is 4.68 Å². The molecule has 0 spiro atoms. The summed E-state index contributed by atoms with van der Waals surface area (Å²) in [4.78, 5) is 0. The van der Waals surface area contributed by atoms with E-state index in [-0.39, 0.29) is 0 Å². The second-order valence-corrected chi connectivity index (χ2v) is 4.41. The van der Waals surface area contributed by atoms with E-state index in [2.05, 4.69) is 21.0 Å². The van der Waals surface area contributed by atoms with Crippen LogP contribution in [0, 0.1) is 0 Å². The van der Waals surface area contributed by atoms with Crippen molar-refractivity contribution in [3.63, 3.8) is 0 Å². The van der Waals surface area contributed by atoms with Gasteiger partial charge in [0.1, 0.15) is 0 Å². The number of hydrogen-bond acceptors (Lipinski definition) is 2. The van der Waals surface area contributed by atoms with Crippen molar-refractivity contribution in [2.45, 2.75) is 6.54 Å². The Kier molecular flexibility index (Phi) is 3.09. The van der Waals surface area contributed by atoms with Crippen molar-refractivity contribution in [3.8, 4) is 5.69 Å². The summed E-state index contributed by atoms with van der Waals surface area (Å²) in [6.45, 7) is 0.446. The van der Waals surface area contributed by atoms with Crippen molar-refractivity contribution in [2.75, 3.05) is 0 Å². The summed E-state index contributed by atoms with van der Waals surface area (Å²) in [6, 6.07) is 5.70. The lowest BCUT2D eigenvalue weighted by atomic mass is 10.2. The number of nitrogens with two attached hydrogens (primary N) is 1.